The second-order valence-corrected chi connectivity index (χ2v) is 9.76. The molecule has 2 aromatic rings. The summed E-state index contributed by atoms with van der Waals surface area (Å²) in [6.45, 7) is 3.09. The van der Waals surface area contributed by atoms with Crippen molar-refractivity contribution < 1.29 is 19.4 Å². The molecule has 3 N–H and O–H groups in total. The molecule has 1 aromatic carbocycles. The average Bonchev–Trinajstić information content (AvgIpc) is 3.28. The van der Waals surface area contributed by atoms with Gasteiger partial charge in [0, 0.05) is 38.5 Å². The van der Waals surface area contributed by atoms with Crippen molar-refractivity contribution in [3.8, 4) is 0 Å². The number of ether oxygens (including phenoxy) is 1. The maximum absolute atomic E-state index is 12.6. The lowest BCUT2D eigenvalue weighted by atomic mass is 10.1. The largest absolute Gasteiger partial charge is 0.480 e. The SMILES string of the molecule is O=C(N[C@@H](CN1CCC(OCCCc2ccc3c(n2)NCCC3)C1)C(=O)O)c1c(Cl)cccc1Cl. The molecule has 0 aliphatic carbocycles. The summed E-state index contributed by atoms with van der Waals surface area (Å²) in [5, 5.41) is 15.9. The number of carboxylic acid groups (broad SMARTS) is 1. The van der Waals surface area contributed by atoms with Crippen molar-refractivity contribution in [1.29, 1.82) is 0 Å². The quantitative estimate of drug-likeness (QED) is 0.410. The van der Waals surface area contributed by atoms with E-state index < -0.39 is 17.9 Å². The van der Waals surface area contributed by atoms with Crippen molar-refractivity contribution in [3.63, 3.8) is 0 Å². The van der Waals surface area contributed by atoms with Gasteiger partial charge in [-0.25, -0.2) is 9.78 Å². The highest BCUT2D eigenvalue weighted by Crippen LogP contribution is 2.24. The number of pyridine rings is 1. The predicted octanol–water partition coefficient (Wildman–Crippen LogP) is 3.65. The van der Waals surface area contributed by atoms with Crippen molar-refractivity contribution in [2.45, 2.75) is 44.2 Å². The van der Waals surface area contributed by atoms with E-state index in [0.29, 0.717) is 19.7 Å². The summed E-state index contributed by atoms with van der Waals surface area (Å²) in [4.78, 5) is 31.1. The van der Waals surface area contributed by atoms with E-state index in [1.807, 2.05) is 4.90 Å². The molecule has 2 aliphatic heterocycles. The van der Waals surface area contributed by atoms with Gasteiger partial charge in [-0.15, -0.1) is 0 Å². The second-order valence-electron chi connectivity index (χ2n) is 8.95. The fourth-order valence-corrected chi connectivity index (χ4v) is 5.07. The highest BCUT2D eigenvalue weighted by atomic mass is 35.5. The van der Waals surface area contributed by atoms with E-state index in [4.69, 9.17) is 32.9 Å². The number of fused-ring (bicyclic) bond motifs is 1. The number of carboxylic acids is 1. The molecular formula is C25H30Cl2N4O4. The number of aryl methyl sites for hydroxylation is 2. The van der Waals surface area contributed by atoms with E-state index in [1.165, 1.54) is 5.56 Å². The molecule has 1 fully saturated rings. The van der Waals surface area contributed by atoms with Gasteiger partial charge in [0.25, 0.3) is 5.91 Å². The van der Waals surface area contributed by atoms with Crippen LogP contribution in [0.2, 0.25) is 10.0 Å². The summed E-state index contributed by atoms with van der Waals surface area (Å²) in [7, 11) is 0. The first-order chi connectivity index (χ1) is 16.9. The smallest absolute Gasteiger partial charge is 0.327 e. The highest BCUT2D eigenvalue weighted by molar-refractivity contribution is 6.39. The topological polar surface area (TPSA) is 104 Å². The van der Waals surface area contributed by atoms with Crippen molar-refractivity contribution >= 4 is 40.9 Å². The molecule has 35 heavy (non-hydrogen) atoms. The Morgan fingerprint density at radius 1 is 1.26 bits per heavy atom. The Hall–Kier alpha value is -2.39. The molecule has 4 rings (SSSR count). The zero-order valence-electron chi connectivity index (χ0n) is 19.4. The Bertz CT molecular complexity index is 1050. The van der Waals surface area contributed by atoms with Gasteiger partial charge in [-0.3, -0.25) is 9.69 Å². The van der Waals surface area contributed by atoms with Gasteiger partial charge >= 0.3 is 5.97 Å². The van der Waals surface area contributed by atoms with Crippen LogP contribution >= 0.6 is 23.2 Å². The molecule has 10 heteroatoms. The zero-order valence-corrected chi connectivity index (χ0v) is 20.9. The fraction of sp³-hybridized carbons (Fsp3) is 0.480. The number of amides is 1. The van der Waals surface area contributed by atoms with E-state index in [1.54, 1.807) is 18.2 Å². The van der Waals surface area contributed by atoms with Crippen molar-refractivity contribution in [1.82, 2.24) is 15.2 Å². The Kier molecular flexibility index (Phi) is 8.83. The normalized spacial score (nSPS) is 18.5. The van der Waals surface area contributed by atoms with Gasteiger partial charge in [0.2, 0.25) is 0 Å². The minimum atomic E-state index is -1.11. The maximum atomic E-state index is 12.6. The number of likely N-dealkylation sites (tertiary alicyclic amines) is 1. The van der Waals surface area contributed by atoms with E-state index in [2.05, 4.69) is 22.8 Å². The molecule has 1 saturated heterocycles. The molecule has 0 bridgehead atoms. The van der Waals surface area contributed by atoms with Crippen LogP contribution in [0.4, 0.5) is 5.82 Å². The number of carbonyl (C=O) groups excluding carboxylic acids is 1. The summed E-state index contributed by atoms with van der Waals surface area (Å²) in [5.41, 5.74) is 2.43. The van der Waals surface area contributed by atoms with E-state index in [9.17, 15) is 14.7 Å². The Morgan fingerprint density at radius 2 is 2.06 bits per heavy atom. The monoisotopic (exact) mass is 520 g/mol. The predicted molar refractivity (Wildman–Crippen MR) is 136 cm³/mol. The van der Waals surface area contributed by atoms with Crippen LogP contribution in [0.5, 0.6) is 0 Å². The van der Waals surface area contributed by atoms with E-state index >= 15 is 0 Å². The molecule has 1 unspecified atom stereocenters. The summed E-state index contributed by atoms with van der Waals surface area (Å²) >= 11 is 12.2. The number of hydrogen-bond acceptors (Lipinski definition) is 6. The zero-order chi connectivity index (χ0) is 24.8. The van der Waals surface area contributed by atoms with Gasteiger partial charge < -0.3 is 20.5 Å². The Balaban J connectivity index is 1.21. The molecule has 0 radical (unpaired) electrons. The number of hydrogen-bond donors (Lipinski definition) is 3. The van der Waals surface area contributed by atoms with Gasteiger partial charge in [-0.05, 0) is 55.9 Å². The number of benzene rings is 1. The first-order valence-corrected chi connectivity index (χ1v) is 12.7. The first kappa shape index (κ1) is 25.7. The summed E-state index contributed by atoms with van der Waals surface area (Å²) in [6.07, 6.45) is 4.80. The molecule has 1 amide bonds. The van der Waals surface area contributed by atoms with Gasteiger partial charge in [0.05, 0.1) is 21.7 Å². The number of rotatable bonds is 10. The number of nitrogens with zero attached hydrogens (tertiary/aromatic N) is 2. The number of halogens is 2. The number of aromatic nitrogens is 1. The maximum Gasteiger partial charge on any atom is 0.327 e. The summed E-state index contributed by atoms with van der Waals surface area (Å²) < 4.78 is 6.04. The third-order valence-corrected chi connectivity index (χ3v) is 6.98. The lowest BCUT2D eigenvalue weighted by molar-refractivity contribution is -0.139. The minimum absolute atomic E-state index is 0.0383. The molecule has 8 nitrogen and oxygen atoms in total. The molecule has 0 saturated carbocycles. The highest BCUT2D eigenvalue weighted by Gasteiger charge is 2.30. The molecule has 2 aliphatic rings. The average molecular weight is 521 g/mol. The number of carbonyl (C=O) groups is 2. The molecule has 188 valence electrons. The van der Waals surface area contributed by atoms with Gasteiger partial charge in [-0.1, -0.05) is 35.3 Å². The first-order valence-electron chi connectivity index (χ1n) is 11.9. The Labute approximate surface area is 215 Å². The number of anilines is 1. The van der Waals surface area contributed by atoms with Crippen molar-refractivity contribution in [3.05, 3.63) is 57.2 Å². The van der Waals surface area contributed by atoms with Gasteiger partial charge in [0.1, 0.15) is 11.9 Å². The van der Waals surface area contributed by atoms with Crippen LogP contribution in [-0.2, 0) is 22.4 Å². The number of aliphatic carboxylic acids is 1. The molecule has 0 spiro atoms. The van der Waals surface area contributed by atoms with Crippen LogP contribution in [0, 0.1) is 0 Å². The minimum Gasteiger partial charge on any atom is -0.480 e. The lowest BCUT2D eigenvalue weighted by Crippen LogP contribution is -2.48. The molecule has 1 aromatic heterocycles. The molecular weight excluding hydrogens is 491 g/mol. The van der Waals surface area contributed by atoms with E-state index in [-0.39, 0.29) is 28.3 Å². The third kappa shape index (κ3) is 6.85. The molecule has 2 atom stereocenters. The van der Waals surface area contributed by atoms with Crippen molar-refractivity contribution in [2.24, 2.45) is 0 Å². The second kappa shape index (κ2) is 12.0. The van der Waals surface area contributed by atoms with Crippen molar-refractivity contribution in [2.75, 3.05) is 38.1 Å². The standard InChI is InChI=1S/C25H30Cl2N4O4/c26-19-6-1-7-20(27)22(19)24(32)30-21(25(33)34)15-31-12-10-18(14-31)35-13-3-5-17-9-8-16-4-2-11-28-23(16)29-17/h1,6-9,18,21H,2-5,10-15H2,(H,28,29)(H,30,32)(H,33,34)/t18?,21-/m0/s1. The van der Waals surface area contributed by atoms with Crippen LogP contribution in [0.1, 0.15) is 40.9 Å². The molecule has 3 heterocycles. The summed E-state index contributed by atoms with van der Waals surface area (Å²) in [5.74, 6) is -0.707. The fourth-order valence-electron chi connectivity index (χ4n) is 4.50. The lowest BCUT2D eigenvalue weighted by Gasteiger charge is -2.22. The van der Waals surface area contributed by atoms with Crippen LogP contribution in [-0.4, -0.2) is 71.8 Å². The van der Waals surface area contributed by atoms with Crippen LogP contribution in [0.25, 0.3) is 0 Å². The van der Waals surface area contributed by atoms with Gasteiger partial charge in [-0.2, -0.15) is 0 Å². The summed E-state index contributed by atoms with van der Waals surface area (Å²) in [6, 6.07) is 7.88. The van der Waals surface area contributed by atoms with E-state index in [0.717, 1.165) is 50.2 Å². The van der Waals surface area contributed by atoms with Crippen LogP contribution in [0.3, 0.4) is 0 Å². The van der Waals surface area contributed by atoms with Gasteiger partial charge in [0.15, 0.2) is 0 Å². The number of nitrogens with one attached hydrogen (secondary N) is 2. The van der Waals surface area contributed by atoms with Crippen LogP contribution < -0.4 is 10.6 Å². The van der Waals surface area contributed by atoms with Crippen LogP contribution in [0.15, 0.2) is 30.3 Å². The Morgan fingerprint density at radius 3 is 2.83 bits per heavy atom. The third-order valence-electron chi connectivity index (χ3n) is 6.35.